The minimum atomic E-state index is -0.609. The van der Waals surface area contributed by atoms with Crippen LogP contribution in [0.15, 0.2) is 48.5 Å². The van der Waals surface area contributed by atoms with E-state index in [-0.39, 0.29) is 31.2 Å². The predicted molar refractivity (Wildman–Crippen MR) is 115 cm³/mol. The Morgan fingerprint density at radius 2 is 1.90 bits per heavy atom. The van der Waals surface area contributed by atoms with Crippen molar-refractivity contribution < 1.29 is 23.5 Å². The number of amides is 2. The van der Waals surface area contributed by atoms with Gasteiger partial charge in [-0.1, -0.05) is 44.2 Å². The van der Waals surface area contributed by atoms with Gasteiger partial charge in [0, 0.05) is 25.2 Å². The first-order chi connectivity index (χ1) is 14.9. The summed E-state index contributed by atoms with van der Waals surface area (Å²) >= 11 is 0. The lowest BCUT2D eigenvalue weighted by molar-refractivity contribution is -0.152. The van der Waals surface area contributed by atoms with E-state index < -0.39 is 24.4 Å². The number of hydrogen-bond donors (Lipinski definition) is 1. The molecule has 1 aliphatic heterocycles. The average Bonchev–Trinajstić information content (AvgIpc) is 3.18. The molecule has 1 fully saturated rings. The van der Waals surface area contributed by atoms with Gasteiger partial charge in [-0.3, -0.25) is 14.4 Å². The predicted octanol–water partition coefficient (Wildman–Crippen LogP) is 3.55. The number of carbonyl (C=O) groups is 3. The first kappa shape index (κ1) is 22.5. The number of ether oxygens (including phenoxy) is 1. The Balaban J connectivity index is 1.52. The molecule has 1 heterocycles. The van der Waals surface area contributed by atoms with E-state index in [4.69, 9.17) is 4.74 Å². The van der Waals surface area contributed by atoms with Crippen LogP contribution >= 0.6 is 0 Å². The number of halogens is 1. The SMILES string of the molecule is CC[C@H](C)c1ccccc1N1C[C@@H](C(=O)OCC(=O)NCc2ccc(F)cc2)CC1=O. The Labute approximate surface area is 181 Å². The van der Waals surface area contributed by atoms with Gasteiger partial charge in [0.2, 0.25) is 5.91 Å². The number of nitrogens with zero attached hydrogens (tertiary/aromatic N) is 1. The molecule has 6 nitrogen and oxygen atoms in total. The number of anilines is 1. The quantitative estimate of drug-likeness (QED) is 0.655. The largest absolute Gasteiger partial charge is 0.455 e. The molecular formula is C24H27FN2O4. The summed E-state index contributed by atoms with van der Waals surface area (Å²) in [7, 11) is 0. The van der Waals surface area contributed by atoms with Crippen molar-refractivity contribution in [3.8, 4) is 0 Å². The molecule has 2 aromatic rings. The molecule has 0 unspecified atom stereocenters. The van der Waals surface area contributed by atoms with Crippen LogP contribution < -0.4 is 10.2 Å². The molecule has 1 N–H and O–H groups in total. The van der Waals surface area contributed by atoms with Crippen LogP contribution in [0, 0.1) is 11.7 Å². The van der Waals surface area contributed by atoms with Crippen molar-refractivity contribution in [2.24, 2.45) is 5.92 Å². The topological polar surface area (TPSA) is 75.7 Å². The summed E-state index contributed by atoms with van der Waals surface area (Å²) in [5.74, 6) is -1.81. The zero-order valence-electron chi connectivity index (χ0n) is 17.8. The van der Waals surface area contributed by atoms with Crippen molar-refractivity contribution in [2.75, 3.05) is 18.1 Å². The van der Waals surface area contributed by atoms with Crippen LogP contribution in [-0.4, -0.2) is 30.9 Å². The van der Waals surface area contributed by atoms with E-state index in [1.165, 1.54) is 12.1 Å². The fourth-order valence-corrected chi connectivity index (χ4v) is 3.58. The summed E-state index contributed by atoms with van der Waals surface area (Å²) in [5, 5.41) is 2.62. The molecule has 1 saturated heterocycles. The van der Waals surface area contributed by atoms with Crippen LogP contribution in [0.1, 0.15) is 43.7 Å². The van der Waals surface area contributed by atoms with Crippen molar-refractivity contribution in [3.63, 3.8) is 0 Å². The molecule has 0 radical (unpaired) electrons. The number of hydrogen-bond acceptors (Lipinski definition) is 4. The van der Waals surface area contributed by atoms with E-state index >= 15 is 0 Å². The Morgan fingerprint density at radius 3 is 2.61 bits per heavy atom. The molecule has 3 rings (SSSR count). The first-order valence-electron chi connectivity index (χ1n) is 10.5. The third-order valence-electron chi connectivity index (χ3n) is 5.58. The molecule has 0 aromatic heterocycles. The third-order valence-corrected chi connectivity index (χ3v) is 5.58. The summed E-state index contributed by atoms with van der Waals surface area (Å²) in [6.45, 7) is 4.22. The molecule has 2 amide bonds. The van der Waals surface area contributed by atoms with Crippen molar-refractivity contribution in [3.05, 3.63) is 65.5 Å². The Kier molecular flexibility index (Phi) is 7.39. The minimum Gasteiger partial charge on any atom is -0.455 e. The summed E-state index contributed by atoms with van der Waals surface area (Å²) in [6.07, 6.45) is 1.00. The van der Waals surface area contributed by atoms with Gasteiger partial charge in [0.15, 0.2) is 6.61 Å². The second kappa shape index (κ2) is 10.2. The van der Waals surface area contributed by atoms with Crippen molar-refractivity contribution in [1.29, 1.82) is 0 Å². The maximum Gasteiger partial charge on any atom is 0.311 e. The van der Waals surface area contributed by atoms with Crippen molar-refractivity contribution >= 4 is 23.5 Å². The number of benzene rings is 2. The normalized spacial score (nSPS) is 16.8. The second-order valence-corrected chi connectivity index (χ2v) is 7.78. The third kappa shape index (κ3) is 5.69. The summed E-state index contributed by atoms with van der Waals surface area (Å²) in [6, 6.07) is 13.5. The van der Waals surface area contributed by atoms with Gasteiger partial charge in [0.25, 0.3) is 5.91 Å². The second-order valence-electron chi connectivity index (χ2n) is 7.78. The van der Waals surface area contributed by atoms with Crippen LogP contribution in [0.2, 0.25) is 0 Å². The zero-order chi connectivity index (χ0) is 22.4. The van der Waals surface area contributed by atoms with Crippen LogP contribution in [0.3, 0.4) is 0 Å². The number of para-hydroxylation sites is 1. The van der Waals surface area contributed by atoms with Gasteiger partial charge in [-0.25, -0.2) is 4.39 Å². The van der Waals surface area contributed by atoms with E-state index in [0.29, 0.717) is 5.92 Å². The molecule has 0 bridgehead atoms. The lowest BCUT2D eigenvalue weighted by Gasteiger charge is -2.23. The summed E-state index contributed by atoms with van der Waals surface area (Å²) < 4.78 is 18.1. The standard InChI is InChI=1S/C24H27FN2O4/c1-3-16(2)20-6-4-5-7-21(20)27-14-18(12-23(27)29)24(30)31-15-22(28)26-13-17-8-10-19(25)11-9-17/h4-11,16,18H,3,12-15H2,1-2H3,(H,26,28)/t16-,18-/m0/s1. The molecule has 164 valence electrons. The van der Waals surface area contributed by atoms with Crippen molar-refractivity contribution in [2.45, 2.75) is 39.2 Å². The highest BCUT2D eigenvalue weighted by Crippen LogP contribution is 2.33. The van der Waals surface area contributed by atoms with E-state index in [9.17, 15) is 18.8 Å². The number of rotatable bonds is 8. The van der Waals surface area contributed by atoms with Crippen molar-refractivity contribution in [1.82, 2.24) is 5.32 Å². The molecule has 0 spiro atoms. The first-order valence-corrected chi connectivity index (χ1v) is 10.5. The lowest BCUT2D eigenvalue weighted by Crippen LogP contribution is -2.31. The Morgan fingerprint density at radius 1 is 1.19 bits per heavy atom. The van der Waals surface area contributed by atoms with E-state index in [0.717, 1.165) is 23.2 Å². The van der Waals surface area contributed by atoms with Gasteiger partial charge < -0.3 is 15.0 Å². The maximum absolute atomic E-state index is 12.9. The molecular weight excluding hydrogens is 399 g/mol. The van der Waals surface area contributed by atoms with E-state index in [1.807, 2.05) is 24.3 Å². The molecule has 7 heteroatoms. The number of carbonyl (C=O) groups excluding carboxylic acids is 3. The van der Waals surface area contributed by atoms with Gasteiger partial charge in [-0.15, -0.1) is 0 Å². The van der Waals surface area contributed by atoms with Crippen LogP contribution in [0.5, 0.6) is 0 Å². The Bertz CT molecular complexity index is 945. The Hall–Kier alpha value is -3.22. The highest BCUT2D eigenvalue weighted by atomic mass is 19.1. The maximum atomic E-state index is 12.9. The zero-order valence-corrected chi connectivity index (χ0v) is 17.8. The molecule has 2 atom stereocenters. The van der Waals surface area contributed by atoms with Gasteiger partial charge >= 0.3 is 5.97 Å². The van der Waals surface area contributed by atoms with Gasteiger partial charge in [0.1, 0.15) is 5.82 Å². The van der Waals surface area contributed by atoms with Gasteiger partial charge in [-0.2, -0.15) is 0 Å². The smallest absolute Gasteiger partial charge is 0.311 e. The molecule has 0 aliphatic carbocycles. The van der Waals surface area contributed by atoms with E-state index in [1.54, 1.807) is 17.0 Å². The summed E-state index contributed by atoms with van der Waals surface area (Å²) in [4.78, 5) is 38.6. The average molecular weight is 426 g/mol. The molecule has 31 heavy (non-hydrogen) atoms. The number of esters is 1. The molecule has 1 aliphatic rings. The monoisotopic (exact) mass is 426 g/mol. The summed E-state index contributed by atoms with van der Waals surface area (Å²) in [5.41, 5.74) is 2.64. The fourth-order valence-electron chi connectivity index (χ4n) is 3.58. The van der Waals surface area contributed by atoms with Crippen LogP contribution in [0.4, 0.5) is 10.1 Å². The number of nitrogens with one attached hydrogen (secondary N) is 1. The molecule has 0 saturated carbocycles. The van der Waals surface area contributed by atoms with Gasteiger partial charge in [-0.05, 0) is 41.7 Å². The van der Waals surface area contributed by atoms with Crippen LogP contribution in [-0.2, 0) is 25.7 Å². The highest BCUT2D eigenvalue weighted by Gasteiger charge is 2.37. The van der Waals surface area contributed by atoms with Gasteiger partial charge in [0.05, 0.1) is 5.92 Å². The van der Waals surface area contributed by atoms with Crippen LogP contribution in [0.25, 0.3) is 0 Å². The lowest BCUT2D eigenvalue weighted by atomic mass is 9.96. The van der Waals surface area contributed by atoms with E-state index in [2.05, 4.69) is 19.2 Å². The highest BCUT2D eigenvalue weighted by molar-refractivity contribution is 6.00. The fraction of sp³-hybridized carbons (Fsp3) is 0.375. The minimum absolute atomic E-state index is 0.0604. The molecule has 2 aromatic carbocycles.